The summed E-state index contributed by atoms with van der Waals surface area (Å²) in [7, 11) is 0. The Morgan fingerprint density at radius 1 is 1.08 bits per heavy atom. The van der Waals surface area contributed by atoms with Crippen LogP contribution in [0.3, 0.4) is 0 Å². The van der Waals surface area contributed by atoms with Crippen molar-refractivity contribution >= 4 is 64.2 Å². The van der Waals surface area contributed by atoms with Crippen LogP contribution in [-0.4, -0.2) is 42.0 Å². The number of hydrogen-bond donors (Lipinski definition) is 1. The average Bonchev–Trinajstić information content (AvgIpc) is 2.54. The molecule has 1 aromatic carbocycles. The Kier molecular flexibility index (Phi) is 12.4. The number of pyridine rings is 1. The molecular formula is C18H26Cl2IN3O. The molecule has 0 bridgehead atoms. The molecule has 2 aromatic rings. The highest BCUT2D eigenvalue weighted by molar-refractivity contribution is 14.1. The minimum Gasteiger partial charge on any atom is -0.349 e. The number of amides is 1. The minimum absolute atomic E-state index is 0. The van der Waals surface area contributed by atoms with Crippen LogP contribution in [-0.2, 0) is 0 Å². The fraction of sp³-hybridized carbons (Fsp3) is 0.444. The minimum atomic E-state index is -0.0987. The molecule has 7 heteroatoms. The molecule has 25 heavy (non-hydrogen) atoms. The smallest absolute Gasteiger partial charge is 0.269 e. The van der Waals surface area contributed by atoms with Gasteiger partial charge in [0.05, 0.1) is 5.52 Å². The van der Waals surface area contributed by atoms with Gasteiger partial charge in [0.25, 0.3) is 5.91 Å². The van der Waals surface area contributed by atoms with Gasteiger partial charge >= 0.3 is 0 Å². The Labute approximate surface area is 176 Å². The van der Waals surface area contributed by atoms with Gasteiger partial charge in [0.2, 0.25) is 0 Å². The van der Waals surface area contributed by atoms with Crippen LogP contribution >= 0.6 is 47.4 Å². The summed E-state index contributed by atoms with van der Waals surface area (Å²) < 4.78 is 1.17. The second-order valence-corrected chi connectivity index (χ2v) is 6.88. The van der Waals surface area contributed by atoms with E-state index in [1.807, 2.05) is 18.2 Å². The number of benzene rings is 1. The molecule has 0 spiro atoms. The lowest BCUT2D eigenvalue weighted by Gasteiger charge is -2.20. The molecule has 1 amide bonds. The molecule has 1 N–H and O–H groups in total. The SMILES string of the molecule is CCCN(CCC)CCNC(=O)c1ccc2cc([125I])ccc2n1.Cl.Cl. The number of aromatic nitrogens is 1. The van der Waals surface area contributed by atoms with E-state index in [1.54, 1.807) is 6.07 Å². The van der Waals surface area contributed by atoms with Gasteiger partial charge in [-0.2, -0.15) is 0 Å². The van der Waals surface area contributed by atoms with Crippen LogP contribution in [0.5, 0.6) is 0 Å². The van der Waals surface area contributed by atoms with Gasteiger partial charge in [0, 0.05) is 22.0 Å². The largest absolute Gasteiger partial charge is 0.349 e. The Hall–Kier alpha value is -0.630. The van der Waals surface area contributed by atoms with Crippen molar-refractivity contribution in [3.05, 3.63) is 39.6 Å². The summed E-state index contributed by atoms with van der Waals surface area (Å²) >= 11 is 2.28. The number of halogens is 3. The van der Waals surface area contributed by atoms with Gasteiger partial charge in [-0.25, -0.2) is 4.98 Å². The van der Waals surface area contributed by atoms with Crippen molar-refractivity contribution in [2.45, 2.75) is 26.7 Å². The van der Waals surface area contributed by atoms with Crippen LogP contribution in [0.4, 0.5) is 0 Å². The second-order valence-electron chi connectivity index (χ2n) is 5.63. The highest BCUT2D eigenvalue weighted by Gasteiger charge is 2.09. The molecule has 0 atom stereocenters. The Balaban J connectivity index is 0.00000288. The number of nitrogens with zero attached hydrogens (tertiary/aromatic N) is 2. The molecule has 0 saturated carbocycles. The third-order valence-corrected chi connectivity index (χ3v) is 4.35. The number of carbonyl (C=O) groups excluding carboxylic acids is 1. The van der Waals surface area contributed by atoms with Crippen molar-refractivity contribution in [3.63, 3.8) is 0 Å². The lowest BCUT2D eigenvalue weighted by atomic mass is 10.2. The number of fused-ring (bicyclic) bond motifs is 1. The molecule has 1 heterocycles. The third kappa shape index (κ3) is 7.64. The zero-order valence-corrected chi connectivity index (χ0v) is 18.4. The molecule has 0 aliphatic rings. The summed E-state index contributed by atoms with van der Waals surface area (Å²) in [4.78, 5) is 19.1. The van der Waals surface area contributed by atoms with Crippen LogP contribution in [0.2, 0.25) is 0 Å². The first-order chi connectivity index (χ1) is 11.1. The highest BCUT2D eigenvalue weighted by atomic mass is 125. The van der Waals surface area contributed by atoms with Gasteiger partial charge < -0.3 is 10.2 Å². The van der Waals surface area contributed by atoms with Crippen molar-refractivity contribution in [2.75, 3.05) is 26.2 Å². The summed E-state index contributed by atoms with van der Waals surface area (Å²) in [6, 6.07) is 9.78. The molecule has 4 nitrogen and oxygen atoms in total. The summed E-state index contributed by atoms with van der Waals surface area (Å²) in [6.07, 6.45) is 2.28. The van der Waals surface area contributed by atoms with E-state index < -0.39 is 0 Å². The summed E-state index contributed by atoms with van der Waals surface area (Å²) in [5, 5.41) is 4.04. The van der Waals surface area contributed by atoms with Gasteiger partial charge in [0.1, 0.15) is 5.69 Å². The van der Waals surface area contributed by atoms with Crippen LogP contribution in [0.1, 0.15) is 37.2 Å². The number of rotatable bonds is 8. The van der Waals surface area contributed by atoms with Crippen molar-refractivity contribution in [1.82, 2.24) is 15.2 Å². The maximum Gasteiger partial charge on any atom is 0.269 e. The summed E-state index contributed by atoms with van der Waals surface area (Å²) in [5.74, 6) is -0.0987. The maximum absolute atomic E-state index is 12.3. The monoisotopic (exact) mass is 495 g/mol. The van der Waals surface area contributed by atoms with Crippen molar-refractivity contribution in [1.29, 1.82) is 0 Å². The van der Waals surface area contributed by atoms with Gasteiger partial charge in [0.15, 0.2) is 0 Å². The Morgan fingerprint density at radius 2 is 1.76 bits per heavy atom. The van der Waals surface area contributed by atoms with Crippen LogP contribution in [0.15, 0.2) is 30.3 Å². The maximum atomic E-state index is 12.3. The fourth-order valence-electron chi connectivity index (χ4n) is 2.61. The molecule has 0 unspecified atom stereocenters. The number of nitrogens with one attached hydrogen (secondary N) is 1. The second kappa shape index (κ2) is 12.7. The van der Waals surface area contributed by atoms with Crippen molar-refractivity contribution in [2.24, 2.45) is 0 Å². The molecular weight excluding hydrogens is 470 g/mol. The average molecular weight is 496 g/mol. The topological polar surface area (TPSA) is 45.2 Å². The zero-order valence-electron chi connectivity index (χ0n) is 14.6. The van der Waals surface area contributed by atoms with Gasteiger partial charge in [-0.1, -0.05) is 19.9 Å². The van der Waals surface area contributed by atoms with Crippen LogP contribution in [0.25, 0.3) is 10.9 Å². The van der Waals surface area contributed by atoms with E-state index in [9.17, 15) is 4.79 Å². The van der Waals surface area contributed by atoms with Crippen LogP contribution in [0, 0.1) is 3.57 Å². The Morgan fingerprint density at radius 3 is 2.40 bits per heavy atom. The lowest BCUT2D eigenvalue weighted by Crippen LogP contribution is -2.36. The molecule has 2 rings (SSSR count). The molecule has 0 fully saturated rings. The van der Waals surface area contributed by atoms with Gasteiger partial charge in [-0.05, 0) is 72.8 Å². The predicted octanol–water partition coefficient (Wildman–Crippen LogP) is 4.53. The standard InChI is InChI=1S/C18H24IN3O.2ClH/c1-3-10-22(11-4-2)12-9-20-18(23)17-7-5-14-13-15(19)6-8-16(14)21-17;;/h5-8,13H,3-4,9-12H2,1-2H3,(H,20,23);2*1H/i19-2;;. The normalized spacial score (nSPS) is 10.2. The predicted molar refractivity (Wildman–Crippen MR) is 118 cm³/mol. The number of hydrogen-bond acceptors (Lipinski definition) is 3. The summed E-state index contributed by atoms with van der Waals surface area (Å²) in [5.41, 5.74) is 1.34. The lowest BCUT2D eigenvalue weighted by molar-refractivity contribution is 0.0943. The van der Waals surface area contributed by atoms with E-state index in [0.29, 0.717) is 12.2 Å². The molecule has 0 saturated heterocycles. The number of carbonyl (C=O) groups is 1. The third-order valence-electron chi connectivity index (χ3n) is 3.68. The first kappa shape index (κ1) is 24.4. The molecule has 1 aromatic heterocycles. The van der Waals surface area contributed by atoms with Crippen molar-refractivity contribution in [3.8, 4) is 0 Å². The fourth-order valence-corrected chi connectivity index (χ4v) is 3.12. The molecule has 0 radical (unpaired) electrons. The zero-order chi connectivity index (χ0) is 16.7. The molecule has 0 aliphatic carbocycles. The van der Waals surface area contributed by atoms with E-state index in [-0.39, 0.29) is 30.7 Å². The first-order valence-corrected chi connectivity index (χ1v) is 9.28. The van der Waals surface area contributed by atoms with E-state index >= 15 is 0 Å². The van der Waals surface area contributed by atoms with E-state index in [2.05, 4.69) is 57.7 Å². The van der Waals surface area contributed by atoms with E-state index in [1.165, 1.54) is 3.57 Å². The molecule has 0 aliphatic heterocycles. The van der Waals surface area contributed by atoms with Crippen LogP contribution < -0.4 is 5.32 Å². The van der Waals surface area contributed by atoms with E-state index in [0.717, 1.165) is 43.4 Å². The summed E-state index contributed by atoms with van der Waals surface area (Å²) in [6.45, 7) is 8.07. The van der Waals surface area contributed by atoms with E-state index in [4.69, 9.17) is 0 Å². The highest BCUT2D eigenvalue weighted by Crippen LogP contribution is 2.16. The first-order valence-electron chi connectivity index (χ1n) is 8.21. The molecule has 140 valence electrons. The van der Waals surface area contributed by atoms with Crippen molar-refractivity contribution < 1.29 is 4.79 Å². The Bertz CT molecular complexity index is 664. The van der Waals surface area contributed by atoms with Gasteiger partial charge in [-0.3, -0.25) is 4.79 Å². The quantitative estimate of drug-likeness (QED) is 0.547. The van der Waals surface area contributed by atoms with Gasteiger partial charge in [-0.15, -0.1) is 24.8 Å².